The van der Waals surface area contributed by atoms with Crippen molar-refractivity contribution >= 4 is 62.2 Å². The number of hydrogen-bond acceptors (Lipinski definition) is 5. The highest BCUT2D eigenvalue weighted by Crippen LogP contribution is 2.23. The van der Waals surface area contributed by atoms with Crippen molar-refractivity contribution in [1.29, 1.82) is 0 Å². The molecule has 0 fully saturated rings. The van der Waals surface area contributed by atoms with E-state index in [0.29, 0.717) is 14.9 Å². The van der Waals surface area contributed by atoms with Gasteiger partial charge in [-0.05, 0) is 42.8 Å². The highest BCUT2D eigenvalue weighted by atomic mass is 79.9. The molecule has 0 spiro atoms. The van der Waals surface area contributed by atoms with E-state index < -0.39 is 18.5 Å². The van der Waals surface area contributed by atoms with Crippen molar-refractivity contribution in [2.45, 2.75) is 19.8 Å². The molecule has 0 aliphatic carbocycles. The summed E-state index contributed by atoms with van der Waals surface area (Å²) >= 11 is 10.3. The van der Waals surface area contributed by atoms with Crippen molar-refractivity contribution in [2.24, 2.45) is 0 Å². The molecule has 8 heteroatoms. The second-order valence-corrected chi connectivity index (χ2v) is 7.83. The fourth-order valence-electron chi connectivity index (χ4n) is 1.97. The zero-order chi connectivity index (χ0) is 18.4. The molecule has 0 atom stereocenters. The maximum atomic E-state index is 11.9. The number of rotatable bonds is 7. The van der Waals surface area contributed by atoms with Crippen LogP contribution in [-0.2, 0) is 14.3 Å². The third-order valence-corrected chi connectivity index (χ3v) is 5.00. The quantitative estimate of drug-likeness (QED) is 0.500. The molecule has 1 N–H and O–H groups in total. The molecule has 132 valence electrons. The summed E-state index contributed by atoms with van der Waals surface area (Å²) in [5.74, 6) is -1.21. The lowest BCUT2D eigenvalue weighted by Gasteiger charge is -2.09. The van der Waals surface area contributed by atoms with E-state index in [4.69, 9.17) is 16.3 Å². The largest absolute Gasteiger partial charge is 0.456 e. The molecule has 2 aromatic rings. The van der Waals surface area contributed by atoms with Crippen LogP contribution in [0.5, 0.6) is 0 Å². The molecule has 0 saturated carbocycles. The Morgan fingerprint density at radius 2 is 1.96 bits per heavy atom. The average Bonchev–Trinajstić information content (AvgIpc) is 3.00. The number of benzene rings is 1. The summed E-state index contributed by atoms with van der Waals surface area (Å²) in [6.07, 6.45) is -0.0674. The highest BCUT2D eigenvalue weighted by Gasteiger charge is 2.14. The smallest absolute Gasteiger partial charge is 0.306 e. The lowest BCUT2D eigenvalue weighted by atomic mass is 10.2. The molecular formula is C17H15BrClNO4S. The van der Waals surface area contributed by atoms with Gasteiger partial charge in [-0.3, -0.25) is 14.4 Å². The molecular weight excluding hydrogens is 430 g/mol. The van der Waals surface area contributed by atoms with Crippen molar-refractivity contribution in [1.82, 2.24) is 0 Å². The number of hydrogen-bond donors (Lipinski definition) is 1. The Labute approximate surface area is 162 Å². The number of carbonyl (C=O) groups is 3. The number of halogens is 2. The molecule has 1 amide bonds. The van der Waals surface area contributed by atoms with Crippen LogP contribution in [0.4, 0.5) is 5.69 Å². The normalized spacial score (nSPS) is 10.4. The first-order chi connectivity index (χ1) is 11.8. The lowest BCUT2D eigenvalue weighted by Crippen LogP contribution is -2.21. The molecule has 0 unspecified atom stereocenters. The van der Waals surface area contributed by atoms with Gasteiger partial charge in [0, 0.05) is 16.6 Å². The van der Waals surface area contributed by atoms with Crippen LogP contribution >= 0.6 is 38.9 Å². The van der Waals surface area contributed by atoms with Crippen molar-refractivity contribution in [3.05, 3.63) is 49.6 Å². The van der Waals surface area contributed by atoms with Crippen LogP contribution in [0.3, 0.4) is 0 Å². The molecule has 5 nitrogen and oxygen atoms in total. The molecule has 0 aliphatic rings. The predicted octanol–water partition coefficient (Wildman–Crippen LogP) is 4.62. The van der Waals surface area contributed by atoms with Crippen molar-refractivity contribution in [3.8, 4) is 0 Å². The van der Waals surface area contributed by atoms with Gasteiger partial charge in [-0.1, -0.05) is 27.5 Å². The molecule has 0 saturated heterocycles. The Morgan fingerprint density at radius 3 is 2.60 bits per heavy atom. The first-order valence-corrected chi connectivity index (χ1v) is 9.34. The van der Waals surface area contributed by atoms with Gasteiger partial charge >= 0.3 is 5.97 Å². The van der Waals surface area contributed by atoms with Gasteiger partial charge in [0.15, 0.2) is 12.4 Å². The maximum Gasteiger partial charge on any atom is 0.306 e. The number of carbonyl (C=O) groups excluding carboxylic acids is 3. The van der Waals surface area contributed by atoms with Gasteiger partial charge in [0.25, 0.3) is 5.91 Å². The maximum absolute atomic E-state index is 11.9. The topological polar surface area (TPSA) is 72.5 Å². The van der Waals surface area contributed by atoms with Crippen molar-refractivity contribution in [2.75, 3.05) is 11.9 Å². The van der Waals surface area contributed by atoms with Crippen LogP contribution in [0.2, 0.25) is 4.34 Å². The van der Waals surface area contributed by atoms with E-state index in [0.717, 1.165) is 10.0 Å². The van der Waals surface area contributed by atoms with E-state index in [1.165, 1.54) is 11.3 Å². The van der Waals surface area contributed by atoms with Gasteiger partial charge in [-0.15, -0.1) is 11.3 Å². The van der Waals surface area contributed by atoms with Gasteiger partial charge in [0.05, 0.1) is 15.6 Å². The van der Waals surface area contributed by atoms with Crippen LogP contribution in [0, 0.1) is 6.92 Å². The highest BCUT2D eigenvalue weighted by molar-refractivity contribution is 9.10. The Morgan fingerprint density at radius 1 is 1.20 bits per heavy atom. The molecule has 0 aliphatic heterocycles. The number of ketones is 1. The van der Waals surface area contributed by atoms with Crippen molar-refractivity contribution in [3.63, 3.8) is 0 Å². The van der Waals surface area contributed by atoms with Gasteiger partial charge in [0.2, 0.25) is 0 Å². The Balaban J connectivity index is 1.74. The first kappa shape index (κ1) is 19.6. The molecule has 2 rings (SSSR count). The number of esters is 1. The van der Waals surface area contributed by atoms with Crippen LogP contribution in [0.1, 0.15) is 28.1 Å². The van der Waals surface area contributed by atoms with Crippen LogP contribution in [-0.4, -0.2) is 24.3 Å². The Kier molecular flexibility index (Phi) is 7.16. The van der Waals surface area contributed by atoms with E-state index in [1.54, 1.807) is 24.3 Å². The minimum absolute atomic E-state index is 0.0170. The molecule has 0 radical (unpaired) electrons. The number of nitrogens with one attached hydrogen (secondary N) is 1. The SMILES string of the molecule is Cc1cc(Br)ccc1NC(=O)COC(=O)CCC(=O)c1ccc(Cl)s1. The van der Waals surface area contributed by atoms with E-state index in [-0.39, 0.29) is 18.6 Å². The summed E-state index contributed by atoms with van der Waals surface area (Å²) in [4.78, 5) is 35.9. The number of anilines is 1. The van der Waals surface area contributed by atoms with Crippen LogP contribution in [0.25, 0.3) is 0 Å². The summed E-state index contributed by atoms with van der Waals surface area (Å²) < 4.78 is 6.32. The second kappa shape index (κ2) is 9.12. The van der Waals surface area contributed by atoms with E-state index in [2.05, 4.69) is 21.2 Å². The Hall–Kier alpha value is -1.70. The standard InChI is InChI=1S/C17H15BrClNO4S/c1-10-8-11(18)2-3-12(10)20-16(22)9-24-17(23)7-4-13(21)14-5-6-15(19)25-14/h2-3,5-6,8H,4,7,9H2,1H3,(H,20,22). The third kappa shape index (κ3) is 6.26. The van der Waals surface area contributed by atoms with Crippen LogP contribution in [0.15, 0.2) is 34.8 Å². The second-order valence-electron chi connectivity index (χ2n) is 5.20. The molecule has 1 aromatic carbocycles. The van der Waals surface area contributed by atoms with E-state index >= 15 is 0 Å². The zero-order valence-electron chi connectivity index (χ0n) is 13.3. The Bertz CT molecular complexity index is 806. The minimum atomic E-state index is -0.598. The zero-order valence-corrected chi connectivity index (χ0v) is 16.5. The monoisotopic (exact) mass is 443 g/mol. The van der Waals surface area contributed by atoms with Gasteiger partial charge < -0.3 is 10.1 Å². The summed E-state index contributed by atoms with van der Waals surface area (Å²) in [7, 11) is 0. The van der Waals surface area contributed by atoms with Crippen LogP contribution < -0.4 is 5.32 Å². The summed E-state index contributed by atoms with van der Waals surface area (Å²) in [6.45, 7) is 1.46. The number of amides is 1. The number of Topliss-reactive ketones (excluding diaryl/α,β-unsaturated/α-hetero) is 1. The minimum Gasteiger partial charge on any atom is -0.456 e. The summed E-state index contributed by atoms with van der Waals surface area (Å²) in [5, 5.41) is 2.67. The predicted molar refractivity (Wildman–Crippen MR) is 101 cm³/mol. The fourth-order valence-corrected chi connectivity index (χ4v) is 3.46. The fraction of sp³-hybridized carbons (Fsp3) is 0.235. The number of thiophene rings is 1. The third-order valence-electron chi connectivity index (χ3n) is 3.23. The van der Waals surface area contributed by atoms with E-state index in [1.807, 2.05) is 13.0 Å². The van der Waals surface area contributed by atoms with Crippen molar-refractivity contribution < 1.29 is 19.1 Å². The van der Waals surface area contributed by atoms with Gasteiger partial charge in [0.1, 0.15) is 0 Å². The average molecular weight is 445 g/mol. The molecule has 1 heterocycles. The molecule has 1 aromatic heterocycles. The number of ether oxygens (including phenoxy) is 1. The first-order valence-electron chi connectivity index (χ1n) is 7.35. The summed E-state index contributed by atoms with van der Waals surface area (Å²) in [6, 6.07) is 8.67. The van der Waals surface area contributed by atoms with E-state index in [9.17, 15) is 14.4 Å². The number of aryl methyl sites for hydroxylation is 1. The summed E-state index contributed by atoms with van der Waals surface area (Å²) in [5.41, 5.74) is 1.53. The molecule has 25 heavy (non-hydrogen) atoms. The van der Waals surface area contributed by atoms with Gasteiger partial charge in [-0.2, -0.15) is 0 Å². The van der Waals surface area contributed by atoms with Gasteiger partial charge in [-0.25, -0.2) is 0 Å². The molecule has 0 bridgehead atoms. The lowest BCUT2D eigenvalue weighted by molar-refractivity contribution is -0.147.